The van der Waals surface area contributed by atoms with Gasteiger partial charge in [-0.3, -0.25) is 0 Å². The Bertz CT molecular complexity index is 493. The summed E-state index contributed by atoms with van der Waals surface area (Å²) in [6, 6.07) is 16.3. The third-order valence-corrected chi connectivity index (χ3v) is 20.9. The molecule has 0 nitrogen and oxygen atoms in total. The molecule has 0 radical (unpaired) electrons. The molecule has 0 saturated heterocycles. The molecule has 0 N–H and O–H groups in total. The zero-order chi connectivity index (χ0) is 16.5. The maximum absolute atomic E-state index is 2.58. The summed E-state index contributed by atoms with van der Waals surface area (Å²) < 4.78 is 6.50. The van der Waals surface area contributed by atoms with E-state index >= 15 is 0 Å². The number of rotatable bonds is 10. The molecule has 0 aromatic heterocycles. The summed E-state index contributed by atoms with van der Waals surface area (Å²) in [6.07, 6.45) is 8.39. The SMILES string of the molecule is CCC[CH2][Sn]([CH2]CCC)([CH2]CCC)[c]1cc2cccccc-2c1. The molecule has 0 saturated carbocycles. The second-order valence-corrected chi connectivity index (χ2v) is 20.4. The molecular formula is C22H34Sn. The molecule has 1 heteroatoms. The van der Waals surface area contributed by atoms with Gasteiger partial charge >= 0.3 is 148 Å². The number of fused-ring (bicyclic) bond motifs is 1. The van der Waals surface area contributed by atoms with Gasteiger partial charge in [0.05, 0.1) is 0 Å². The molecule has 0 aromatic rings. The fourth-order valence-electron chi connectivity index (χ4n) is 3.87. The molecule has 0 fully saturated rings. The summed E-state index contributed by atoms with van der Waals surface area (Å²) in [6.45, 7) is 7.08. The van der Waals surface area contributed by atoms with Crippen molar-refractivity contribution < 1.29 is 0 Å². The Kier molecular flexibility index (Phi) is 7.95. The van der Waals surface area contributed by atoms with E-state index in [9.17, 15) is 0 Å². The molecule has 2 aliphatic rings. The third kappa shape index (κ3) is 4.98. The van der Waals surface area contributed by atoms with E-state index in [1.54, 1.807) is 13.3 Å². The van der Waals surface area contributed by atoms with Crippen molar-refractivity contribution in [3.63, 3.8) is 0 Å². The van der Waals surface area contributed by atoms with Crippen LogP contribution in [0, 0.1) is 0 Å². The summed E-state index contributed by atoms with van der Waals surface area (Å²) in [5.74, 6) is 0. The fourth-order valence-corrected chi connectivity index (χ4v) is 19.9. The Morgan fingerprint density at radius 2 is 1.09 bits per heavy atom. The van der Waals surface area contributed by atoms with Crippen molar-refractivity contribution in [2.45, 2.75) is 72.6 Å². The molecular weight excluding hydrogens is 383 g/mol. The van der Waals surface area contributed by atoms with Gasteiger partial charge in [0, 0.05) is 0 Å². The van der Waals surface area contributed by atoms with Gasteiger partial charge in [-0.05, 0) is 0 Å². The Labute approximate surface area is 147 Å². The molecule has 0 bridgehead atoms. The van der Waals surface area contributed by atoms with Gasteiger partial charge < -0.3 is 0 Å². The van der Waals surface area contributed by atoms with Crippen LogP contribution in [0.1, 0.15) is 59.3 Å². The predicted octanol–water partition coefficient (Wildman–Crippen LogP) is 6.85. The minimum absolute atomic E-state index is 1.35. The number of hydrogen-bond acceptors (Lipinski definition) is 0. The van der Waals surface area contributed by atoms with Crippen LogP contribution >= 0.6 is 0 Å². The molecule has 0 atom stereocenters. The van der Waals surface area contributed by atoms with E-state index < -0.39 is 18.4 Å². The van der Waals surface area contributed by atoms with Crippen molar-refractivity contribution in [3.05, 3.63) is 42.5 Å². The van der Waals surface area contributed by atoms with Crippen LogP contribution in [-0.4, -0.2) is 18.4 Å². The van der Waals surface area contributed by atoms with Crippen molar-refractivity contribution in [2.24, 2.45) is 0 Å². The molecule has 2 aliphatic carbocycles. The van der Waals surface area contributed by atoms with Gasteiger partial charge in [0.15, 0.2) is 0 Å². The zero-order valence-electron chi connectivity index (χ0n) is 15.4. The molecule has 0 aliphatic heterocycles. The van der Waals surface area contributed by atoms with Crippen LogP contribution in [-0.2, 0) is 0 Å². The Hall–Kier alpha value is -0.501. The molecule has 0 amide bonds. The van der Waals surface area contributed by atoms with Crippen molar-refractivity contribution >= 4 is 22.0 Å². The van der Waals surface area contributed by atoms with Gasteiger partial charge in [-0.2, -0.15) is 0 Å². The molecule has 23 heavy (non-hydrogen) atoms. The van der Waals surface area contributed by atoms with E-state index in [1.165, 1.54) is 49.7 Å². The second kappa shape index (κ2) is 9.71. The van der Waals surface area contributed by atoms with Crippen molar-refractivity contribution in [1.29, 1.82) is 0 Å². The van der Waals surface area contributed by atoms with E-state index in [-0.39, 0.29) is 0 Å². The van der Waals surface area contributed by atoms with E-state index in [2.05, 4.69) is 63.2 Å². The van der Waals surface area contributed by atoms with E-state index in [0.717, 1.165) is 0 Å². The summed E-state index contributed by atoms with van der Waals surface area (Å²) in [5.41, 5.74) is 2.91. The molecule has 126 valence electrons. The zero-order valence-corrected chi connectivity index (χ0v) is 18.3. The maximum atomic E-state index is 2.58. The fraction of sp³-hybridized carbons (Fsp3) is 0.545. The van der Waals surface area contributed by atoms with Crippen LogP contribution in [0.3, 0.4) is 0 Å². The summed E-state index contributed by atoms with van der Waals surface area (Å²) in [5, 5.41) is 0. The summed E-state index contributed by atoms with van der Waals surface area (Å²) >= 11 is -2.24. The van der Waals surface area contributed by atoms with E-state index in [0.29, 0.717) is 0 Å². The number of hydrogen-bond donors (Lipinski definition) is 0. The van der Waals surface area contributed by atoms with Gasteiger partial charge in [0.1, 0.15) is 0 Å². The van der Waals surface area contributed by atoms with Crippen LogP contribution < -0.4 is 3.58 Å². The Morgan fingerprint density at radius 1 is 0.652 bits per heavy atom. The van der Waals surface area contributed by atoms with Crippen LogP contribution in [0.5, 0.6) is 0 Å². The first-order chi connectivity index (χ1) is 11.3. The molecule has 0 unspecified atom stereocenters. The van der Waals surface area contributed by atoms with Gasteiger partial charge in [-0.1, -0.05) is 0 Å². The van der Waals surface area contributed by atoms with Crippen LogP contribution in [0.25, 0.3) is 11.1 Å². The second-order valence-electron chi connectivity index (χ2n) is 7.16. The Morgan fingerprint density at radius 3 is 1.48 bits per heavy atom. The van der Waals surface area contributed by atoms with Gasteiger partial charge in [-0.25, -0.2) is 0 Å². The van der Waals surface area contributed by atoms with Gasteiger partial charge in [0.2, 0.25) is 0 Å². The first-order valence-corrected chi connectivity index (χ1v) is 17.2. The van der Waals surface area contributed by atoms with Crippen molar-refractivity contribution in [1.82, 2.24) is 0 Å². The third-order valence-electron chi connectivity index (χ3n) is 5.37. The predicted molar refractivity (Wildman–Crippen MR) is 108 cm³/mol. The first kappa shape index (κ1) is 18.8. The summed E-state index contributed by atoms with van der Waals surface area (Å²) in [4.78, 5) is 0. The molecule has 0 heterocycles. The van der Waals surface area contributed by atoms with Crippen molar-refractivity contribution in [2.75, 3.05) is 0 Å². The van der Waals surface area contributed by atoms with Crippen molar-refractivity contribution in [3.8, 4) is 11.1 Å². The Balaban J connectivity index is 2.40. The van der Waals surface area contributed by atoms with Crippen LogP contribution in [0.15, 0.2) is 42.5 Å². The van der Waals surface area contributed by atoms with E-state index in [1.807, 2.05) is 3.58 Å². The minimum atomic E-state index is -2.24. The molecule has 0 spiro atoms. The average Bonchev–Trinajstić information content (AvgIpc) is 2.86. The van der Waals surface area contributed by atoms with Gasteiger partial charge in [0.25, 0.3) is 0 Å². The topological polar surface area (TPSA) is 0 Å². The van der Waals surface area contributed by atoms with Crippen LogP contribution in [0.4, 0.5) is 0 Å². The first-order valence-electron chi connectivity index (χ1n) is 9.75. The molecule has 2 rings (SSSR count). The molecule has 0 aromatic carbocycles. The monoisotopic (exact) mass is 418 g/mol. The average molecular weight is 417 g/mol. The van der Waals surface area contributed by atoms with E-state index in [4.69, 9.17) is 0 Å². The standard InChI is InChI=1S/C10H7.3C4H9.Sn/c1-2-5-9-7-4-8-10(9)6-3-1;3*1-3-4-2;/h1-3,5-8H;3*1,3-4H2,2H3;. The summed E-state index contributed by atoms with van der Waals surface area (Å²) in [7, 11) is 0. The van der Waals surface area contributed by atoms with Gasteiger partial charge in [-0.15, -0.1) is 0 Å². The number of unbranched alkanes of at least 4 members (excludes halogenated alkanes) is 3. The normalized spacial score (nSPS) is 12.0. The van der Waals surface area contributed by atoms with Crippen LogP contribution in [0.2, 0.25) is 13.3 Å². The quantitative estimate of drug-likeness (QED) is 0.371.